The number of hydrogen-bond donors (Lipinski definition) is 1. The van der Waals surface area contributed by atoms with Crippen molar-refractivity contribution in [2.75, 3.05) is 30.8 Å². The predicted molar refractivity (Wildman–Crippen MR) is 126 cm³/mol. The minimum absolute atomic E-state index is 0.0852. The van der Waals surface area contributed by atoms with Crippen molar-refractivity contribution in [2.24, 2.45) is 7.05 Å². The first-order chi connectivity index (χ1) is 15.4. The number of benzene rings is 2. The monoisotopic (exact) mass is 474 g/mol. The van der Waals surface area contributed by atoms with Crippen molar-refractivity contribution in [3.63, 3.8) is 0 Å². The van der Waals surface area contributed by atoms with Crippen molar-refractivity contribution in [1.82, 2.24) is 13.9 Å². The van der Waals surface area contributed by atoms with Gasteiger partial charge in [-0.1, -0.05) is 23.9 Å². The third kappa shape index (κ3) is 4.62. The van der Waals surface area contributed by atoms with Crippen LogP contribution >= 0.6 is 11.8 Å². The average Bonchev–Trinajstić information content (AvgIpc) is 3.43. The number of carbonyl (C=O) groups is 1. The second-order valence-electron chi connectivity index (χ2n) is 7.48. The number of ether oxygens (including phenoxy) is 1. The minimum atomic E-state index is -3.69. The van der Waals surface area contributed by atoms with Crippen LogP contribution in [0.4, 0.5) is 5.69 Å². The van der Waals surface area contributed by atoms with E-state index in [9.17, 15) is 13.2 Å². The van der Waals surface area contributed by atoms with E-state index in [1.54, 1.807) is 19.1 Å². The Morgan fingerprint density at radius 1 is 1.19 bits per heavy atom. The first-order valence-electron chi connectivity index (χ1n) is 10.5. The molecule has 1 saturated heterocycles. The quantitative estimate of drug-likeness (QED) is 0.503. The summed E-state index contributed by atoms with van der Waals surface area (Å²) in [4.78, 5) is 17.2. The molecule has 32 heavy (non-hydrogen) atoms. The highest BCUT2D eigenvalue weighted by molar-refractivity contribution is 7.99. The zero-order chi connectivity index (χ0) is 22.7. The van der Waals surface area contributed by atoms with Gasteiger partial charge in [0, 0.05) is 25.8 Å². The van der Waals surface area contributed by atoms with E-state index in [1.807, 2.05) is 35.9 Å². The summed E-state index contributed by atoms with van der Waals surface area (Å²) in [6, 6.07) is 12.5. The lowest BCUT2D eigenvalue weighted by Crippen LogP contribution is -2.28. The first-order valence-corrected chi connectivity index (χ1v) is 12.9. The molecule has 3 aromatic rings. The van der Waals surface area contributed by atoms with Crippen LogP contribution in [0.25, 0.3) is 11.0 Å². The van der Waals surface area contributed by atoms with E-state index < -0.39 is 10.0 Å². The van der Waals surface area contributed by atoms with Crippen molar-refractivity contribution in [3.8, 4) is 5.75 Å². The lowest BCUT2D eigenvalue weighted by molar-refractivity contribution is -0.113. The maximum absolute atomic E-state index is 13.1. The molecule has 0 unspecified atom stereocenters. The number of thioether (sulfide) groups is 1. The molecule has 0 radical (unpaired) electrons. The maximum Gasteiger partial charge on any atom is 0.246 e. The Morgan fingerprint density at radius 2 is 1.94 bits per heavy atom. The summed E-state index contributed by atoms with van der Waals surface area (Å²) in [5.41, 5.74) is 2.29. The largest absolute Gasteiger partial charge is 0.492 e. The summed E-state index contributed by atoms with van der Waals surface area (Å²) in [5.74, 6) is 0.209. The van der Waals surface area contributed by atoms with Gasteiger partial charge in [0.05, 0.1) is 23.4 Å². The van der Waals surface area contributed by atoms with Crippen molar-refractivity contribution < 1.29 is 17.9 Å². The first kappa shape index (κ1) is 22.6. The molecule has 1 amide bonds. The maximum atomic E-state index is 13.1. The van der Waals surface area contributed by atoms with E-state index in [4.69, 9.17) is 4.74 Å². The van der Waals surface area contributed by atoms with Crippen LogP contribution in [-0.2, 0) is 21.9 Å². The molecule has 0 aliphatic carbocycles. The Morgan fingerprint density at radius 3 is 2.66 bits per heavy atom. The van der Waals surface area contributed by atoms with E-state index in [1.165, 1.54) is 22.1 Å². The van der Waals surface area contributed by atoms with Gasteiger partial charge in [0.1, 0.15) is 10.6 Å². The summed E-state index contributed by atoms with van der Waals surface area (Å²) in [5, 5.41) is 3.54. The van der Waals surface area contributed by atoms with Crippen LogP contribution in [0.1, 0.15) is 19.8 Å². The van der Waals surface area contributed by atoms with Gasteiger partial charge in [0.15, 0.2) is 5.16 Å². The molecule has 1 fully saturated rings. The van der Waals surface area contributed by atoms with Gasteiger partial charge in [-0.05, 0) is 50.1 Å². The van der Waals surface area contributed by atoms with Crippen molar-refractivity contribution in [1.29, 1.82) is 0 Å². The summed E-state index contributed by atoms with van der Waals surface area (Å²) >= 11 is 1.33. The fraction of sp³-hybridized carbons (Fsp3) is 0.364. The zero-order valence-corrected chi connectivity index (χ0v) is 19.7. The van der Waals surface area contributed by atoms with Crippen molar-refractivity contribution >= 4 is 44.4 Å². The molecule has 2 heterocycles. The van der Waals surface area contributed by atoms with Crippen LogP contribution < -0.4 is 10.1 Å². The number of hydrogen-bond acceptors (Lipinski definition) is 6. The van der Waals surface area contributed by atoms with Gasteiger partial charge in [-0.2, -0.15) is 4.31 Å². The van der Waals surface area contributed by atoms with Crippen LogP contribution in [0.3, 0.4) is 0 Å². The molecule has 1 aliphatic rings. The molecule has 0 atom stereocenters. The number of anilines is 1. The molecule has 0 spiro atoms. The minimum Gasteiger partial charge on any atom is -0.492 e. The normalized spacial score (nSPS) is 14.7. The molecule has 170 valence electrons. The number of aryl methyl sites for hydroxylation is 1. The molecule has 0 saturated carbocycles. The number of para-hydroxylation sites is 2. The molecule has 10 heteroatoms. The van der Waals surface area contributed by atoms with Crippen LogP contribution in [0, 0.1) is 0 Å². The lowest BCUT2D eigenvalue weighted by Gasteiger charge is -2.19. The van der Waals surface area contributed by atoms with E-state index in [-0.39, 0.29) is 16.6 Å². The van der Waals surface area contributed by atoms with Gasteiger partial charge in [-0.3, -0.25) is 4.79 Å². The molecular weight excluding hydrogens is 448 g/mol. The van der Waals surface area contributed by atoms with Crippen LogP contribution in [0.5, 0.6) is 5.75 Å². The van der Waals surface area contributed by atoms with E-state index >= 15 is 0 Å². The second kappa shape index (κ2) is 9.51. The third-order valence-electron chi connectivity index (χ3n) is 5.29. The molecule has 0 bridgehead atoms. The number of nitrogens with one attached hydrogen (secondary N) is 1. The summed E-state index contributed by atoms with van der Waals surface area (Å²) in [6.07, 6.45) is 1.69. The van der Waals surface area contributed by atoms with Crippen LogP contribution in [0.15, 0.2) is 52.5 Å². The summed E-state index contributed by atoms with van der Waals surface area (Å²) < 4.78 is 35.2. The Kier molecular flexibility index (Phi) is 6.73. The van der Waals surface area contributed by atoms with Crippen LogP contribution in [-0.4, -0.2) is 53.6 Å². The van der Waals surface area contributed by atoms with E-state index in [0.717, 1.165) is 29.0 Å². The summed E-state index contributed by atoms with van der Waals surface area (Å²) in [6.45, 7) is 3.15. The third-order valence-corrected chi connectivity index (χ3v) is 8.24. The summed E-state index contributed by atoms with van der Waals surface area (Å²) in [7, 11) is -1.77. The number of rotatable bonds is 8. The number of amides is 1. The van der Waals surface area contributed by atoms with Gasteiger partial charge in [0.2, 0.25) is 15.9 Å². The van der Waals surface area contributed by atoms with E-state index in [2.05, 4.69) is 10.3 Å². The molecule has 1 aromatic heterocycles. The second-order valence-corrected chi connectivity index (χ2v) is 10.3. The Bertz CT molecular complexity index is 1230. The highest BCUT2D eigenvalue weighted by Gasteiger charge is 2.30. The highest BCUT2D eigenvalue weighted by atomic mass is 32.2. The molecular formula is C22H26N4O4S2. The Labute approximate surface area is 192 Å². The Hall–Kier alpha value is -2.56. The predicted octanol–water partition coefficient (Wildman–Crippen LogP) is 3.49. The lowest BCUT2D eigenvalue weighted by atomic mass is 10.3. The molecule has 1 N–H and O–H groups in total. The molecule has 4 rings (SSSR count). The molecule has 8 nitrogen and oxygen atoms in total. The van der Waals surface area contributed by atoms with Gasteiger partial charge in [-0.25, -0.2) is 13.4 Å². The Balaban J connectivity index is 1.49. The van der Waals surface area contributed by atoms with E-state index in [0.29, 0.717) is 31.1 Å². The number of imidazole rings is 1. The molecule has 2 aromatic carbocycles. The number of sulfonamides is 1. The smallest absolute Gasteiger partial charge is 0.246 e. The fourth-order valence-electron chi connectivity index (χ4n) is 3.71. The van der Waals surface area contributed by atoms with Crippen molar-refractivity contribution in [2.45, 2.75) is 29.8 Å². The van der Waals surface area contributed by atoms with Crippen LogP contribution in [0.2, 0.25) is 0 Å². The number of carbonyl (C=O) groups excluding carboxylic acids is 1. The number of fused-ring (bicyclic) bond motifs is 1. The fourth-order valence-corrected chi connectivity index (χ4v) is 6.17. The standard InChI is InChI=1S/C22H26N4O4S2/c1-3-30-19-11-10-16(14-20(19)32(28,29)26-12-6-7-13-26)23-21(27)15-31-22-24-17-8-4-5-9-18(17)25(22)2/h4-5,8-11,14H,3,6-7,12-13,15H2,1-2H3,(H,23,27). The molecule has 1 aliphatic heterocycles. The average molecular weight is 475 g/mol. The van der Waals surface area contributed by atoms with Gasteiger partial charge < -0.3 is 14.6 Å². The van der Waals surface area contributed by atoms with Crippen molar-refractivity contribution in [3.05, 3.63) is 42.5 Å². The highest BCUT2D eigenvalue weighted by Crippen LogP contribution is 2.32. The van der Waals surface area contributed by atoms with Gasteiger partial charge in [-0.15, -0.1) is 0 Å². The SMILES string of the molecule is CCOc1ccc(NC(=O)CSc2nc3ccccc3n2C)cc1S(=O)(=O)N1CCCC1. The van der Waals surface area contributed by atoms with Gasteiger partial charge >= 0.3 is 0 Å². The van der Waals surface area contributed by atoms with Gasteiger partial charge in [0.25, 0.3) is 0 Å². The number of nitrogens with zero attached hydrogens (tertiary/aromatic N) is 3. The zero-order valence-electron chi connectivity index (χ0n) is 18.1. The topological polar surface area (TPSA) is 93.5 Å². The number of aromatic nitrogens is 2.